The van der Waals surface area contributed by atoms with Crippen LogP contribution in [0.2, 0.25) is 0 Å². The summed E-state index contributed by atoms with van der Waals surface area (Å²) in [6.45, 7) is 5.46. The van der Waals surface area contributed by atoms with Crippen molar-refractivity contribution in [2.75, 3.05) is 18.6 Å². The molecule has 1 saturated heterocycles. The van der Waals surface area contributed by atoms with Crippen LogP contribution in [-0.2, 0) is 14.9 Å². The van der Waals surface area contributed by atoms with Crippen LogP contribution in [0.25, 0.3) is 0 Å². The van der Waals surface area contributed by atoms with Gasteiger partial charge in [0.25, 0.3) is 0 Å². The maximum atomic E-state index is 12.0. The molecule has 16 heavy (non-hydrogen) atoms. The molecule has 0 saturated carbocycles. The molecule has 0 aromatic carbocycles. The molecular weight excluding hydrogens is 228 g/mol. The van der Waals surface area contributed by atoms with Gasteiger partial charge < -0.3 is 10.1 Å². The molecule has 1 rings (SSSR count). The van der Waals surface area contributed by atoms with E-state index in [1.807, 2.05) is 20.8 Å². The van der Waals surface area contributed by atoms with Gasteiger partial charge in [0.2, 0.25) is 0 Å². The fraction of sp³-hybridized carbons (Fsp3) is 0.900. The molecule has 6 heteroatoms. The van der Waals surface area contributed by atoms with E-state index in [1.54, 1.807) is 7.05 Å². The van der Waals surface area contributed by atoms with E-state index in [1.165, 1.54) is 0 Å². The van der Waals surface area contributed by atoms with Crippen molar-refractivity contribution in [3.63, 3.8) is 0 Å². The molecule has 5 nitrogen and oxygen atoms in total. The lowest BCUT2D eigenvalue weighted by atomic mass is 10.2. The van der Waals surface area contributed by atoms with Crippen molar-refractivity contribution in [3.05, 3.63) is 0 Å². The van der Waals surface area contributed by atoms with Gasteiger partial charge in [-0.25, -0.2) is 4.79 Å². The van der Waals surface area contributed by atoms with E-state index < -0.39 is 21.8 Å². The van der Waals surface area contributed by atoms with Crippen LogP contribution in [0.3, 0.4) is 0 Å². The number of alkyl carbamates (subject to hydrolysis) is 1. The molecular formula is C10H22N2O3S. The number of carbonyl (C=O) groups excluding carboxylic acids is 1. The van der Waals surface area contributed by atoms with Crippen molar-refractivity contribution in [1.29, 1.82) is 0 Å². The van der Waals surface area contributed by atoms with E-state index in [0.717, 1.165) is 6.42 Å². The van der Waals surface area contributed by atoms with Crippen LogP contribution in [-0.4, -0.2) is 40.5 Å². The summed E-state index contributed by atoms with van der Waals surface area (Å²) in [6.07, 6.45) is 0.319. The number of hydrogen-bond donors (Lipinski definition) is 3. The molecule has 0 aliphatic carbocycles. The van der Waals surface area contributed by atoms with Crippen molar-refractivity contribution in [2.24, 2.45) is 0 Å². The zero-order valence-corrected chi connectivity index (χ0v) is 11.3. The monoisotopic (exact) mass is 250 g/mol. The fourth-order valence-corrected chi connectivity index (χ4v) is 4.00. The van der Waals surface area contributed by atoms with Gasteiger partial charge in [-0.2, -0.15) is 0 Å². The van der Waals surface area contributed by atoms with Gasteiger partial charge in [-0.1, -0.05) is 10.1 Å². The molecule has 96 valence electrons. The Labute approximate surface area is 97.9 Å². The summed E-state index contributed by atoms with van der Waals surface area (Å²) in [6, 6.07) is -0.0341. The third-order valence-corrected chi connectivity index (χ3v) is 5.31. The molecule has 1 aliphatic rings. The topological polar surface area (TPSA) is 67.4 Å². The molecule has 0 spiro atoms. The Morgan fingerprint density at radius 3 is 2.50 bits per heavy atom. The van der Waals surface area contributed by atoms with Crippen molar-refractivity contribution in [3.8, 4) is 0 Å². The average molecular weight is 250 g/mol. The third kappa shape index (κ3) is 4.09. The van der Waals surface area contributed by atoms with Crippen LogP contribution in [0.15, 0.2) is 0 Å². The van der Waals surface area contributed by atoms with Gasteiger partial charge in [0.05, 0.1) is 0 Å². The highest BCUT2D eigenvalue weighted by molar-refractivity contribution is 8.01. The summed E-state index contributed by atoms with van der Waals surface area (Å²) >= 11 is 0. The summed E-state index contributed by atoms with van der Waals surface area (Å²) in [7, 11) is -0.530. The Morgan fingerprint density at radius 2 is 2.06 bits per heavy atom. The van der Waals surface area contributed by atoms with Crippen LogP contribution < -0.4 is 10.0 Å². The molecule has 0 bridgehead atoms. The first-order valence-corrected chi connectivity index (χ1v) is 7.58. The summed E-state index contributed by atoms with van der Waals surface area (Å²) in [5, 5.41) is 2.75. The third-order valence-electron chi connectivity index (χ3n) is 2.48. The van der Waals surface area contributed by atoms with Crippen molar-refractivity contribution < 1.29 is 13.7 Å². The molecule has 0 aromatic heterocycles. The Bertz CT molecular complexity index is 312. The molecule has 1 heterocycles. The van der Waals surface area contributed by atoms with E-state index in [2.05, 4.69) is 10.0 Å². The standard InChI is InChI=1S/C10H22N2O3S/c1-10(2,3)15-9(13)12-8-5-6-16(14,7-8)11-4/h8,16H,5-7H2,1-4H3,(H,11,14)(H,12,13)/t8-/m1/s1. The van der Waals surface area contributed by atoms with Crippen molar-refractivity contribution in [1.82, 2.24) is 10.0 Å². The van der Waals surface area contributed by atoms with Crippen LogP contribution in [0, 0.1) is 0 Å². The second-order valence-corrected chi connectivity index (χ2v) is 8.19. The number of ether oxygens (including phenoxy) is 1. The first-order valence-electron chi connectivity index (χ1n) is 5.51. The zero-order valence-electron chi connectivity index (χ0n) is 10.4. The van der Waals surface area contributed by atoms with Gasteiger partial charge >= 0.3 is 6.09 Å². The minimum Gasteiger partial charge on any atom is -0.444 e. The largest absolute Gasteiger partial charge is 0.444 e. The van der Waals surface area contributed by atoms with Crippen molar-refractivity contribution >= 4 is 16.2 Å². The average Bonchev–Trinajstić information content (AvgIpc) is 2.45. The number of nitrogens with one attached hydrogen (secondary N) is 2. The van der Waals surface area contributed by atoms with Crippen molar-refractivity contribution in [2.45, 2.75) is 38.8 Å². The van der Waals surface area contributed by atoms with E-state index in [-0.39, 0.29) is 6.04 Å². The maximum absolute atomic E-state index is 12.0. The highest BCUT2D eigenvalue weighted by Crippen LogP contribution is 2.16. The van der Waals surface area contributed by atoms with Crippen LogP contribution in [0.1, 0.15) is 27.2 Å². The number of thiol groups is 1. The van der Waals surface area contributed by atoms with Gasteiger partial charge in [-0.15, -0.1) is 0 Å². The number of rotatable bonds is 2. The quantitative estimate of drug-likeness (QED) is 0.623. The second kappa shape index (κ2) is 4.71. The van der Waals surface area contributed by atoms with Gasteiger partial charge in [-0.3, -0.25) is 8.93 Å². The first-order chi connectivity index (χ1) is 7.24. The Morgan fingerprint density at radius 1 is 1.44 bits per heavy atom. The van der Waals surface area contributed by atoms with Crippen LogP contribution in [0.5, 0.6) is 0 Å². The lowest BCUT2D eigenvalue weighted by Gasteiger charge is -2.22. The minimum atomic E-state index is -2.23. The molecule has 1 atom stereocenters. The Balaban J connectivity index is 2.40. The lowest BCUT2D eigenvalue weighted by molar-refractivity contribution is 0.0510. The van der Waals surface area contributed by atoms with Gasteiger partial charge in [0.15, 0.2) is 0 Å². The molecule has 0 unspecified atom stereocenters. The zero-order chi connectivity index (χ0) is 12.4. The number of carbonyl (C=O) groups is 1. The highest BCUT2D eigenvalue weighted by Gasteiger charge is 2.30. The predicted octanol–water partition coefficient (Wildman–Crippen LogP) is 0.434. The Kier molecular flexibility index (Phi) is 3.96. The first kappa shape index (κ1) is 13.4. The lowest BCUT2D eigenvalue weighted by Crippen LogP contribution is -2.41. The predicted molar refractivity (Wildman–Crippen MR) is 66.1 cm³/mol. The molecule has 1 aliphatic heterocycles. The van der Waals surface area contributed by atoms with E-state index >= 15 is 0 Å². The molecule has 2 N–H and O–H groups in total. The number of amides is 1. The van der Waals surface area contributed by atoms with E-state index in [9.17, 15) is 9.00 Å². The summed E-state index contributed by atoms with van der Waals surface area (Å²) in [4.78, 5) is 11.5. The fourth-order valence-electron chi connectivity index (χ4n) is 1.70. The SMILES string of the molecule is CN[SH]1(=O)CC[C@@H](NC(=O)OC(C)(C)C)C1. The molecule has 1 amide bonds. The normalized spacial score (nSPS) is 26.1. The van der Waals surface area contributed by atoms with Gasteiger partial charge in [0.1, 0.15) is 5.60 Å². The highest BCUT2D eigenvalue weighted by atomic mass is 32.3. The summed E-state index contributed by atoms with van der Waals surface area (Å²) < 4.78 is 20.0. The van der Waals surface area contributed by atoms with Gasteiger partial charge in [-0.05, 0) is 34.2 Å². The summed E-state index contributed by atoms with van der Waals surface area (Å²) in [5.41, 5.74) is -0.491. The molecule has 0 radical (unpaired) electrons. The molecule has 1 fully saturated rings. The van der Waals surface area contributed by atoms with Gasteiger partial charge in [0, 0.05) is 17.5 Å². The number of hydrogen-bond acceptors (Lipinski definition) is 3. The van der Waals surface area contributed by atoms with Crippen LogP contribution in [0.4, 0.5) is 4.79 Å². The van der Waals surface area contributed by atoms with Crippen LogP contribution >= 0.6 is 0 Å². The smallest absolute Gasteiger partial charge is 0.407 e. The minimum absolute atomic E-state index is 0.0341. The second-order valence-electron chi connectivity index (χ2n) is 5.15. The molecule has 0 aromatic rings. The van der Waals surface area contributed by atoms with E-state index in [0.29, 0.717) is 11.5 Å². The van der Waals surface area contributed by atoms with E-state index in [4.69, 9.17) is 4.74 Å². The summed E-state index contributed by atoms with van der Waals surface area (Å²) in [5.74, 6) is 1.16. The maximum Gasteiger partial charge on any atom is 0.407 e. The Hall–Kier alpha value is -0.620.